The van der Waals surface area contributed by atoms with Crippen molar-refractivity contribution in [3.63, 3.8) is 0 Å². The van der Waals surface area contributed by atoms with Crippen LogP contribution in [-0.2, 0) is 6.18 Å². The smallest absolute Gasteiger partial charge is 0.433 e. The first-order valence-corrected chi connectivity index (χ1v) is 10.1. The molecule has 174 valence electrons. The first kappa shape index (κ1) is 23.7. The minimum Gasteiger partial charge on any atom is -0.497 e. The number of pyridine rings is 1. The molecule has 0 spiro atoms. The molecule has 1 aromatic heterocycles. The van der Waals surface area contributed by atoms with Crippen LogP contribution < -0.4 is 15.0 Å². The molecule has 0 atom stereocenters. The quantitative estimate of drug-likeness (QED) is 0.604. The van der Waals surface area contributed by atoms with Crippen molar-refractivity contribution >= 4 is 11.6 Å². The summed E-state index contributed by atoms with van der Waals surface area (Å²) in [6.45, 7) is 0. The van der Waals surface area contributed by atoms with Gasteiger partial charge in [0.2, 0.25) is 0 Å². The first-order valence-electron chi connectivity index (χ1n) is 10.1. The lowest BCUT2D eigenvalue weighted by atomic mass is 9.90. The topological polar surface area (TPSA) is 54.5 Å². The van der Waals surface area contributed by atoms with Gasteiger partial charge in [-0.3, -0.25) is 4.79 Å². The SMILES string of the molecule is COc1ccc(C(=O)NC2CCC(N(C)c3cc(C(F)F)nc(C(F)(F)F)c3)CC2)cc1. The molecule has 0 saturated heterocycles. The maximum Gasteiger partial charge on any atom is 0.433 e. The minimum atomic E-state index is -4.82. The lowest BCUT2D eigenvalue weighted by Gasteiger charge is -2.36. The number of rotatable bonds is 6. The number of nitrogens with one attached hydrogen (secondary N) is 1. The van der Waals surface area contributed by atoms with Crippen LogP contribution in [0.1, 0.15) is 53.9 Å². The van der Waals surface area contributed by atoms with E-state index in [9.17, 15) is 26.7 Å². The predicted octanol–water partition coefficient (Wildman–Crippen LogP) is 5.22. The van der Waals surface area contributed by atoms with Crippen LogP contribution in [0.4, 0.5) is 27.6 Å². The summed E-state index contributed by atoms with van der Waals surface area (Å²) in [6, 6.07) is 8.29. The monoisotopic (exact) mass is 457 g/mol. The van der Waals surface area contributed by atoms with Crippen LogP contribution in [-0.4, -0.2) is 37.1 Å². The lowest BCUT2D eigenvalue weighted by molar-refractivity contribution is -0.141. The fraction of sp³-hybridized carbons (Fsp3) is 0.455. The van der Waals surface area contributed by atoms with Crippen LogP contribution >= 0.6 is 0 Å². The molecule has 10 heteroatoms. The summed E-state index contributed by atoms with van der Waals surface area (Å²) < 4.78 is 70.5. The highest BCUT2D eigenvalue weighted by Crippen LogP contribution is 2.34. The molecule has 1 heterocycles. The van der Waals surface area contributed by atoms with E-state index < -0.39 is 24.0 Å². The van der Waals surface area contributed by atoms with Gasteiger partial charge in [0.05, 0.1) is 7.11 Å². The molecule has 1 saturated carbocycles. The van der Waals surface area contributed by atoms with E-state index in [1.54, 1.807) is 36.2 Å². The summed E-state index contributed by atoms with van der Waals surface area (Å²) in [5.41, 5.74) is -1.69. The number of carbonyl (C=O) groups is 1. The summed E-state index contributed by atoms with van der Waals surface area (Å²) in [6.07, 6.45) is -5.49. The van der Waals surface area contributed by atoms with Crippen LogP contribution in [0.5, 0.6) is 5.75 Å². The molecule has 1 aliphatic rings. The highest BCUT2D eigenvalue weighted by atomic mass is 19.4. The Hall–Kier alpha value is -2.91. The molecule has 32 heavy (non-hydrogen) atoms. The number of hydrogen-bond acceptors (Lipinski definition) is 4. The number of carbonyl (C=O) groups excluding carboxylic acids is 1. The number of amides is 1. The zero-order valence-electron chi connectivity index (χ0n) is 17.6. The molecule has 2 aromatic rings. The van der Waals surface area contributed by atoms with E-state index in [0.29, 0.717) is 37.0 Å². The molecule has 0 radical (unpaired) electrons. The average molecular weight is 457 g/mol. The summed E-state index contributed by atoms with van der Waals surface area (Å²) in [5, 5.41) is 2.97. The Labute approximate surface area is 182 Å². The Morgan fingerprint density at radius 1 is 1.12 bits per heavy atom. The number of halogens is 5. The highest BCUT2D eigenvalue weighted by Gasteiger charge is 2.35. The Morgan fingerprint density at radius 2 is 1.75 bits per heavy atom. The average Bonchev–Trinajstić information content (AvgIpc) is 2.78. The van der Waals surface area contributed by atoms with E-state index in [-0.39, 0.29) is 23.7 Å². The van der Waals surface area contributed by atoms with Gasteiger partial charge in [-0.05, 0) is 62.1 Å². The molecular formula is C22H24F5N3O2. The summed E-state index contributed by atoms with van der Waals surface area (Å²) in [7, 11) is 3.13. The summed E-state index contributed by atoms with van der Waals surface area (Å²) >= 11 is 0. The second-order valence-electron chi connectivity index (χ2n) is 7.75. The molecule has 0 unspecified atom stereocenters. The molecular weight excluding hydrogens is 433 g/mol. The third-order valence-corrected chi connectivity index (χ3v) is 5.68. The molecule has 0 aliphatic heterocycles. The van der Waals surface area contributed by atoms with Gasteiger partial charge < -0.3 is 15.0 Å². The number of nitrogens with zero attached hydrogens (tertiary/aromatic N) is 2. The van der Waals surface area contributed by atoms with Gasteiger partial charge in [0.15, 0.2) is 0 Å². The lowest BCUT2D eigenvalue weighted by Crippen LogP contribution is -2.43. The third kappa shape index (κ3) is 5.66. The first-order chi connectivity index (χ1) is 15.1. The number of hydrogen-bond donors (Lipinski definition) is 1. The molecule has 1 N–H and O–H groups in total. The van der Waals surface area contributed by atoms with E-state index in [2.05, 4.69) is 10.3 Å². The number of aromatic nitrogens is 1. The molecule has 1 aliphatic carbocycles. The van der Waals surface area contributed by atoms with E-state index >= 15 is 0 Å². The van der Waals surface area contributed by atoms with E-state index in [4.69, 9.17) is 4.74 Å². The van der Waals surface area contributed by atoms with Crippen molar-refractivity contribution in [2.24, 2.45) is 0 Å². The predicted molar refractivity (Wildman–Crippen MR) is 109 cm³/mol. The third-order valence-electron chi connectivity index (χ3n) is 5.68. The van der Waals surface area contributed by atoms with Crippen molar-refractivity contribution in [2.75, 3.05) is 19.1 Å². The van der Waals surface area contributed by atoms with Crippen molar-refractivity contribution < 1.29 is 31.5 Å². The van der Waals surface area contributed by atoms with Crippen LogP contribution in [0, 0.1) is 0 Å². The Bertz CT molecular complexity index is 926. The van der Waals surface area contributed by atoms with Gasteiger partial charge in [-0.25, -0.2) is 13.8 Å². The highest BCUT2D eigenvalue weighted by molar-refractivity contribution is 5.94. The minimum absolute atomic E-state index is 0.0494. The number of ether oxygens (including phenoxy) is 1. The zero-order valence-corrected chi connectivity index (χ0v) is 17.6. The number of methoxy groups -OCH3 is 1. The van der Waals surface area contributed by atoms with Gasteiger partial charge >= 0.3 is 6.18 Å². The van der Waals surface area contributed by atoms with Crippen molar-refractivity contribution in [3.8, 4) is 5.75 Å². The zero-order chi connectivity index (χ0) is 23.5. The Kier molecular flexibility index (Phi) is 7.20. The number of alkyl halides is 5. The van der Waals surface area contributed by atoms with Gasteiger partial charge in [-0.15, -0.1) is 0 Å². The van der Waals surface area contributed by atoms with Crippen LogP contribution in [0.15, 0.2) is 36.4 Å². The Morgan fingerprint density at radius 3 is 2.28 bits per heavy atom. The summed E-state index contributed by atoms with van der Waals surface area (Å²) in [4.78, 5) is 17.1. The van der Waals surface area contributed by atoms with Crippen molar-refractivity contribution in [1.29, 1.82) is 0 Å². The number of benzene rings is 1. The van der Waals surface area contributed by atoms with Crippen LogP contribution in [0.2, 0.25) is 0 Å². The van der Waals surface area contributed by atoms with Gasteiger partial charge in [-0.1, -0.05) is 0 Å². The second-order valence-corrected chi connectivity index (χ2v) is 7.75. The summed E-state index contributed by atoms with van der Waals surface area (Å²) in [5.74, 6) is 0.430. The van der Waals surface area contributed by atoms with Crippen molar-refractivity contribution in [1.82, 2.24) is 10.3 Å². The second kappa shape index (κ2) is 9.70. The number of anilines is 1. The maximum absolute atomic E-state index is 13.1. The molecule has 1 aromatic carbocycles. The van der Waals surface area contributed by atoms with Crippen LogP contribution in [0.25, 0.3) is 0 Å². The van der Waals surface area contributed by atoms with Gasteiger partial charge in [-0.2, -0.15) is 13.2 Å². The van der Waals surface area contributed by atoms with E-state index in [1.807, 2.05) is 0 Å². The maximum atomic E-state index is 13.1. The van der Waals surface area contributed by atoms with Crippen LogP contribution in [0.3, 0.4) is 0 Å². The normalized spacial score (nSPS) is 19.0. The molecule has 0 bridgehead atoms. The molecule has 1 fully saturated rings. The molecule has 3 rings (SSSR count). The molecule has 5 nitrogen and oxygen atoms in total. The van der Waals surface area contributed by atoms with Gasteiger partial charge in [0.25, 0.3) is 12.3 Å². The van der Waals surface area contributed by atoms with Crippen molar-refractivity contribution in [3.05, 3.63) is 53.3 Å². The standard InChI is InChI=1S/C22H24F5N3O2/c1-30(16-11-18(20(23)24)29-19(12-16)22(25,26)27)15-7-5-14(6-8-15)28-21(31)13-3-9-17(32-2)10-4-13/h3-4,9-12,14-15,20H,5-8H2,1-2H3,(H,28,31). The van der Waals surface area contributed by atoms with Gasteiger partial charge in [0.1, 0.15) is 17.1 Å². The van der Waals surface area contributed by atoms with Gasteiger partial charge in [0, 0.05) is 30.4 Å². The van der Waals surface area contributed by atoms with E-state index in [1.165, 1.54) is 7.11 Å². The fourth-order valence-corrected chi connectivity index (χ4v) is 3.83. The van der Waals surface area contributed by atoms with E-state index in [0.717, 1.165) is 12.1 Å². The Balaban J connectivity index is 1.63. The van der Waals surface area contributed by atoms with Crippen molar-refractivity contribution in [2.45, 2.75) is 50.4 Å². The largest absolute Gasteiger partial charge is 0.497 e. The molecule has 1 amide bonds. The fourth-order valence-electron chi connectivity index (χ4n) is 3.83.